The van der Waals surface area contributed by atoms with Gasteiger partial charge in [-0.1, -0.05) is 48.5 Å². The molecule has 4 rings (SSSR count). The van der Waals surface area contributed by atoms with Crippen LogP contribution < -0.4 is 5.32 Å². The SMILES string of the molecule is COCCCNc1nc(-c2ccccc2)nc2oc(-c3ccccc3)nc12. The number of rotatable bonds is 7. The fourth-order valence-corrected chi connectivity index (χ4v) is 2.79. The lowest BCUT2D eigenvalue weighted by Crippen LogP contribution is -2.07. The van der Waals surface area contributed by atoms with Crippen molar-refractivity contribution in [2.24, 2.45) is 0 Å². The summed E-state index contributed by atoms with van der Waals surface area (Å²) < 4.78 is 11.1. The Morgan fingerprint density at radius 1 is 0.889 bits per heavy atom. The van der Waals surface area contributed by atoms with Crippen molar-refractivity contribution < 1.29 is 9.15 Å². The Morgan fingerprint density at radius 3 is 2.30 bits per heavy atom. The molecule has 6 heteroatoms. The van der Waals surface area contributed by atoms with E-state index >= 15 is 0 Å². The normalized spacial score (nSPS) is 11.0. The molecule has 27 heavy (non-hydrogen) atoms. The van der Waals surface area contributed by atoms with Gasteiger partial charge >= 0.3 is 0 Å². The van der Waals surface area contributed by atoms with E-state index in [2.05, 4.69) is 15.3 Å². The third-order valence-electron chi connectivity index (χ3n) is 4.13. The Balaban J connectivity index is 1.77. The highest BCUT2D eigenvalue weighted by Gasteiger charge is 2.16. The van der Waals surface area contributed by atoms with Gasteiger partial charge in [0.25, 0.3) is 5.71 Å². The summed E-state index contributed by atoms with van der Waals surface area (Å²) in [6, 6.07) is 19.6. The quantitative estimate of drug-likeness (QED) is 0.493. The molecule has 6 nitrogen and oxygen atoms in total. The molecule has 4 aromatic rings. The van der Waals surface area contributed by atoms with Crippen LogP contribution >= 0.6 is 0 Å². The molecule has 0 radical (unpaired) electrons. The first kappa shape index (κ1) is 17.2. The lowest BCUT2D eigenvalue weighted by atomic mass is 10.2. The number of fused-ring (bicyclic) bond motifs is 1. The van der Waals surface area contributed by atoms with Gasteiger partial charge in [0.2, 0.25) is 5.89 Å². The van der Waals surface area contributed by atoms with Crippen LogP contribution in [0.3, 0.4) is 0 Å². The average Bonchev–Trinajstić information content (AvgIpc) is 3.17. The van der Waals surface area contributed by atoms with Gasteiger partial charge in [-0.15, -0.1) is 0 Å². The molecule has 0 aliphatic carbocycles. The molecule has 136 valence electrons. The monoisotopic (exact) mass is 360 g/mol. The number of anilines is 1. The number of hydrogen-bond acceptors (Lipinski definition) is 6. The maximum Gasteiger partial charge on any atom is 0.253 e. The molecule has 0 amide bonds. The molecule has 1 N–H and O–H groups in total. The molecule has 0 aliphatic heterocycles. The van der Waals surface area contributed by atoms with Crippen LogP contribution in [0, 0.1) is 0 Å². The fraction of sp³-hybridized carbons (Fsp3) is 0.190. The van der Waals surface area contributed by atoms with E-state index in [0.29, 0.717) is 35.4 Å². The smallest absolute Gasteiger partial charge is 0.253 e. The molecule has 0 unspecified atom stereocenters. The van der Waals surface area contributed by atoms with Gasteiger partial charge in [-0.05, 0) is 18.6 Å². The average molecular weight is 360 g/mol. The van der Waals surface area contributed by atoms with E-state index in [9.17, 15) is 0 Å². The van der Waals surface area contributed by atoms with Gasteiger partial charge in [0, 0.05) is 31.4 Å². The molecule has 0 saturated heterocycles. The Kier molecular flexibility index (Phi) is 5.07. The highest BCUT2D eigenvalue weighted by Crippen LogP contribution is 2.29. The van der Waals surface area contributed by atoms with Crippen LogP contribution in [-0.2, 0) is 4.74 Å². The second-order valence-electron chi connectivity index (χ2n) is 6.07. The third kappa shape index (κ3) is 3.80. The number of aromatic nitrogens is 3. The largest absolute Gasteiger partial charge is 0.417 e. The molecule has 0 atom stereocenters. The number of hydrogen-bond donors (Lipinski definition) is 1. The summed E-state index contributed by atoms with van der Waals surface area (Å²) in [5.74, 6) is 1.80. The Morgan fingerprint density at radius 2 is 1.59 bits per heavy atom. The zero-order valence-electron chi connectivity index (χ0n) is 15.1. The van der Waals surface area contributed by atoms with E-state index in [1.54, 1.807) is 7.11 Å². The van der Waals surface area contributed by atoms with Crippen LogP contribution in [0.2, 0.25) is 0 Å². The van der Waals surface area contributed by atoms with Gasteiger partial charge in [-0.3, -0.25) is 0 Å². The molecule has 0 spiro atoms. The minimum Gasteiger partial charge on any atom is -0.417 e. The van der Waals surface area contributed by atoms with E-state index in [0.717, 1.165) is 24.1 Å². The summed E-state index contributed by atoms with van der Waals surface area (Å²) in [6.45, 7) is 1.41. The van der Waals surface area contributed by atoms with Gasteiger partial charge in [0.1, 0.15) is 0 Å². The molecule has 2 heterocycles. The van der Waals surface area contributed by atoms with E-state index in [4.69, 9.17) is 14.1 Å². The molecular formula is C21H20N4O2. The van der Waals surface area contributed by atoms with Crippen LogP contribution in [0.5, 0.6) is 0 Å². The number of methoxy groups -OCH3 is 1. The summed E-state index contributed by atoms with van der Waals surface area (Å²) in [5, 5.41) is 3.34. The van der Waals surface area contributed by atoms with Crippen molar-refractivity contribution in [1.29, 1.82) is 0 Å². The van der Waals surface area contributed by atoms with Crippen molar-refractivity contribution in [3.8, 4) is 22.8 Å². The summed E-state index contributed by atoms with van der Waals surface area (Å²) in [4.78, 5) is 13.9. The molecule has 0 aliphatic rings. The lowest BCUT2D eigenvalue weighted by molar-refractivity contribution is 0.198. The molecular weight excluding hydrogens is 340 g/mol. The third-order valence-corrected chi connectivity index (χ3v) is 4.13. The van der Waals surface area contributed by atoms with Crippen LogP contribution in [0.15, 0.2) is 65.1 Å². The van der Waals surface area contributed by atoms with Gasteiger partial charge in [0.05, 0.1) is 0 Å². The number of oxazole rings is 1. The summed E-state index contributed by atoms with van der Waals surface area (Å²) in [6.07, 6.45) is 0.867. The van der Waals surface area contributed by atoms with Crippen molar-refractivity contribution in [3.63, 3.8) is 0 Å². The molecule has 2 aromatic carbocycles. The first-order chi connectivity index (χ1) is 13.3. The fourth-order valence-electron chi connectivity index (χ4n) is 2.79. The maximum atomic E-state index is 5.96. The topological polar surface area (TPSA) is 73.1 Å². The standard InChI is InChI=1S/C21H20N4O2/c1-26-14-8-13-22-19-17-21(25-18(24-19)15-9-4-2-5-10-15)27-20(23-17)16-11-6-3-7-12-16/h2-7,9-12H,8,13-14H2,1H3,(H,22,24,25). The Bertz CT molecular complexity index is 1020. The zero-order chi connectivity index (χ0) is 18.5. The molecule has 0 bridgehead atoms. The summed E-state index contributed by atoms with van der Waals surface area (Å²) >= 11 is 0. The second kappa shape index (κ2) is 7.97. The predicted molar refractivity (Wildman–Crippen MR) is 105 cm³/mol. The second-order valence-corrected chi connectivity index (χ2v) is 6.07. The summed E-state index contributed by atoms with van der Waals surface area (Å²) in [5.41, 5.74) is 2.93. The zero-order valence-corrected chi connectivity index (χ0v) is 15.1. The number of nitrogens with one attached hydrogen (secondary N) is 1. The van der Waals surface area contributed by atoms with Crippen molar-refractivity contribution in [1.82, 2.24) is 15.0 Å². The van der Waals surface area contributed by atoms with Crippen LogP contribution in [0.4, 0.5) is 5.82 Å². The molecule has 0 saturated carbocycles. The number of nitrogens with zero attached hydrogens (tertiary/aromatic N) is 3. The number of benzene rings is 2. The van der Waals surface area contributed by atoms with Crippen LogP contribution in [-0.4, -0.2) is 35.2 Å². The van der Waals surface area contributed by atoms with Crippen molar-refractivity contribution in [2.45, 2.75) is 6.42 Å². The highest BCUT2D eigenvalue weighted by molar-refractivity contribution is 5.85. The van der Waals surface area contributed by atoms with E-state index in [-0.39, 0.29) is 0 Å². The van der Waals surface area contributed by atoms with Gasteiger partial charge in [-0.2, -0.15) is 4.98 Å². The van der Waals surface area contributed by atoms with Crippen molar-refractivity contribution in [3.05, 3.63) is 60.7 Å². The molecule has 0 fully saturated rings. The minimum atomic E-state index is 0.469. The first-order valence-electron chi connectivity index (χ1n) is 8.87. The van der Waals surface area contributed by atoms with E-state index < -0.39 is 0 Å². The lowest BCUT2D eigenvalue weighted by Gasteiger charge is -2.07. The van der Waals surface area contributed by atoms with Gasteiger partial charge in [0.15, 0.2) is 17.2 Å². The first-order valence-corrected chi connectivity index (χ1v) is 8.87. The minimum absolute atomic E-state index is 0.469. The van der Waals surface area contributed by atoms with Crippen LogP contribution in [0.25, 0.3) is 34.1 Å². The van der Waals surface area contributed by atoms with Gasteiger partial charge in [-0.25, -0.2) is 9.97 Å². The Hall–Kier alpha value is -3.25. The van der Waals surface area contributed by atoms with Gasteiger partial charge < -0.3 is 14.5 Å². The maximum absolute atomic E-state index is 5.96. The number of ether oxygens (including phenoxy) is 1. The van der Waals surface area contributed by atoms with E-state index in [1.807, 2.05) is 60.7 Å². The van der Waals surface area contributed by atoms with Crippen LogP contribution in [0.1, 0.15) is 6.42 Å². The predicted octanol–water partition coefficient (Wildman–Crippen LogP) is 4.40. The Labute approximate surface area is 157 Å². The molecule has 2 aromatic heterocycles. The van der Waals surface area contributed by atoms with E-state index in [1.165, 1.54) is 0 Å². The van der Waals surface area contributed by atoms with Crippen molar-refractivity contribution in [2.75, 3.05) is 25.6 Å². The van der Waals surface area contributed by atoms with Crippen molar-refractivity contribution >= 4 is 17.0 Å². The summed E-state index contributed by atoms with van der Waals surface area (Å²) in [7, 11) is 1.69. The highest BCUT2D eigenvalue weighted by atomic mass is 16.5.